The summed E-state index contributed by atoms with van der Waals surface area (Å²) in [5, 5.41) is 8.93. The Hall–Kier alpha value is -1.64. The van der Waals surface area contributed by atoms with Crippen molar-refractivity contribution in [2.24, 2.45) is 5.92 Å². The second kappa shape index (κ2) is 3.50. The minimum atomic E-state index is -0.912. The Kier molecular flexibility index (Phi) is 2.31. The number of hydrogen-bond donors (Lipinski definition) is 1. The number of benzene rings is 1. The highest BCUT2D eigenvalue weighted by Gasteiger charge is 2.37. The van der Waals surface area contributed by atoms with E-state index in [1.807, 2.05) is 24.3 Å². The summed E-state index contributed by atoms with van der Waals surface area (Å²) in [5.41, 5.74) is 1.86. The number of carboxylic acids is 1. The number of Topliss-reactive ketones (excluding diaryl/α,β-unsaturated/α-hetero) is 1. The Bertz CT molecular complexity index is 423. The summed E-state index contributed by atoms with van der Waals surface area (Å²) >= 11 is 0. The van der Waals surface area contributed by atoms with Crippen LogP contribution in [-0.4, -0.2) is 16.9 Å². The fraction of sp³-hybridized carbons (Fsp3) is 0.333. The lowest BCUT2D eigenvalue weighted by molar-refractivity contribution is -0.143. The van der Waals surface area contributed by atoms with Crippen LogP contribution in [0.15, 0.2) is 24.3 Å². The molecule has 78 valence electrons. The summed E-state index contributed by atoms with van der Waals surface area (Å²) in [6.07, 6.45) is 0.373. The highest BCUT2D eigenvalue weighted by atomic mass is 16.4. The predicted octanol–water partition coefficient (Wildman–Crippen LogP) is 1.62. The molecule has 1 aliphatic carbocycles. The van der Waals surface area contributed by atoms with E-state index in [1.165, 1.54) is 0 Å². The van der Waals surface area contributed by atoms with Gasteiger partial charge < -0.3 is 5.11 Å². The Morgan fingerprint density at radius 2 is 2.13 bits per heavy atom. The summed E-state index contributed by atoms with van der Waals surface area (Å²) in [5.74, 6) is -1.99. The van der Waals surface area contributed by atoms with Crippen LogP contribution in [0, 0.1) is 5.92 Å². The van der Waals surface area contributed by atoms with Crippen molar-refractivity contribution in [1.82, 2.24) is 0 Å². The minimum absolute atomic E-state index is 0.0195. The second-order valence-electron chi connectivity index (χ2n) is 3.95. The number of hydrogen-bond acceptors (Lipinski definition) is 2. The summed E-state index contributed by atoms with van der Waals surface area (Å²) < 4.78 is 0. The molecule has 0 bridgehead atoms. The van der Waals surface area contributed by atoms with Crippen molar-refractivity contribution in [2.45, 2.75) is 19.3 Å². The van der Waals surface area contributed by atoms with Crippen LogP contribution in [-0.2, 0) is 16.0 Å². The van der Waals surface area contributed by atoms with E-state index < -0.39 is 17.8 Å². The normalized spacial score (nSPS) is 21.1. The van der Waals surface area contributed by atoms with Gasteiger partial charge in [-0.15, -0.1) is 0 Å². The van der Waals surface area contributed by atoms with Crippen LogP contribution in [0.5, 0.6) is 0 Å². The van der Waals surface area contributed by atoms with Crippen LogP contribution in [0.4, 0.5) is 0 Å². The van der Waals surface area contributed by atoms with E-state index in [1.54, 1.807) is 6.92 Å². The van der Waals surface area contributed by atoms with Crippen LogP contribution in [0.25, 0.3) is 0 Å². The highest BCUT2D eigenvalue weighted by Crippen LogP contribution is 2.35. The molecule has 1 aromatic rings. The number of fused-ring (bicyclic) bond motifs is 1. The molecule has 0 saturated heterocycles. The molecular weight excluding hydrogens is 192 g/mol. The first-order chi connectivity index (χ1) is 7.11. The quantitative estimate of drug-likeness (QED) is 0.796. The maximum atomic E-state index is 11.7. The van der Waals surface area contributed by atoms with Gasteiger partial charge in [0.15, 0.2) is 0 Å². The minimum Gasteiger partial charge on any atom is -0.481 e. The average Bonchev–Trinajstić information content (AvgIpc) is 2.52. The number of rotatable bonds is 2. The van der Waals surface area contributed by atoms with Crippen molar-refractivity contribution >= 4 is 11.8 Å². The molecule has 15 heavy (non-hydrogen) atoms. The van der Waals surface area contributed by atoms with Crippen LogP contribution >= 0.6 is 0 Å². The number of ketones is 1. The maximum absolute atomic E-state index is 11.7. The van der Waals surface area contributed by atoms with Crippen molar-refractivity contribution in [3.63, 3.8) is 0 Å². The first kappa shape index (κ1) is 9.90. The van der Waals surface area contributed by atoms with Crippen LogP contribution in [0.1, 0.15) is 24.0 Å². The summed E-state index contributed by atoms with van der Waals surface area (Å²) in [6.45, 7) is 1.59. The van der Waals surface area contributed by atoms with Crippen molar-refractivity contribution < 1.29 is 14.7 Å². The van der Waals surface area contributed by atoms with Crippen LogP contribution < -0.4 is 0 Å². The Balaban J connectivity index is 2.42. The molecule has 2 atom stereocenters. The summed E-state index contributed by atoms with van der Waals surface area (Å²) in [4.78, 5) is 22.6. The van der Waals surface area contributed by atoms with Gasteiger partial charge in [-0.3, -0.25) is 9.59 Å². The van der Waals surface area contributed by atoms with E-state index in [9.17, 15) is 9.59 Å². The third-order valence-electron chi connectivity index (χ3n) is 2.99. The topological polar surface area (TPSA) is 54.4 Å². The summed E-state index contributed by atoms with van der Waals surface area (Å²) in [7, 11) is 0. The molecule has 0 fully saturated rings. The maximum Gasteiger partial charge on any atom is 0.307 e. The van der Waals surface area contributed by atoms with E-state index in [-0.39, 0.29) is 5.78 Å². The van der Waals surface area contributed by atoms with Crippen molar-refractivity contribution in [3.05, 3.63) is 35.4 Å². The molecule has 3 heteroatoms. The number of carbonyl (C=O) groups is 2. The molecule has 0 heterocycles. The first-order valence-electron chi connectivity index (χ1n) is 4.94. The lowest BCUT2D eigenvalue weighted by Gasteiger charge is -2.14. The SMILES string of the molecule is CC(C(=O)O)C1C(=O)Cc2ccccc21. The lowest BCUT2D eigenvalue weighted by Crippen LogP contribution is -2.22. The third-order valence-corrected chi connectivity index (χ3v) is 2.99. The molecule has 0 spiro atoms. The van der Waals surface area contributed by atoms with Gasteiger partial charge in [-0.05, 0) is 11.1 Å². The second-order valence-corrected chi connectivity index (χ2v) is 3.95. The van der Waals surface area contributed by atoms with E-state index in [2.05, 4.69) is 0 Å². The fourth-order valence-corrected chi connectivity index (χ4v) is 2.16. The zero-order chi connectivity index (χ0) is 11.0. The van der Waals surface area contributed by atoms with Gasteiger partial charge in [0.25, 0.3) is 0 Å². The fourth-order valence-electron chi connectivity index (χ4n) is 2.16. The predicted molar refractivity (Wildman–Crippen MR) is 54.7 cm³/mol. The van der Waals surface area contributed by atoms with Crippen LogP contribution in [0.2, 0.25) is 0 Å². The van der Waals surface area contributed by atoms with E-state index >= 15 is 0 Å². The van der Waals surface area contributed by atoms with E-state index in [0.717, 1.165) is 11.1 Å². The van der Waals surface area contributed by atoms with E-state index in [0.29, 0.717) is 6.42 Å². The van der Waals surface area contributed by atoms with Gasteiger partial charge in [0.1, 0.15) is 5.78 Å². The van der Waals surface area contributed by atoms with Crippen molar-refractivity contribution in [1.29, 1.82) is 0 Å². The molecule has 0 radical (unpaired) electrons. The van der Waals surface area contributed by atoms with Gasteiger partial charge in [0.05, 0.1) is 11.8 Å². The molecular formula is C12H12O3. The average molecular weight is 204 g/mol. The van der Waals surface area contributed by atoms with E-state index in [4.69, 9.17) is 5.11 Å². The summed E-state index contributed by atoms with van der Waals surface area (Å²) in [6, 6.07) is 7.46. The molecule has 1 aliphatic rings. The Morgan fingerprint density at radius 1 is 1.47 bits per heavy atom. The largest absolute Gasteiger partial charge is 0.481 e. The molecule has 0 aliphatic heterocycles. The Labute approximate surface area is 87.7 Å². The third kappa shape index (κ3) is 1.54. The van der Waals surface area contributed by atoms with Gasteiger partial charge in [0.2, 0.25) is 0 Å². The lowest BCUT2D eigenvalue weighted by atomic mass is 9.88. The molecule has 2 rings (SSSR count). The standard InChI is InChI=1S/C12H12O3/c1-7(12(14)15)11-9-5-3-2-4-8(9)6-10(11)13/h2-5,7,11H,6H2,1H3,(H,14,15). The van der Waals surface area contributed by atoms with Gasteiger partial charge in [-0.25, -0.2) is 0 Å². The van der Waals surface area contributed by atoms with Crippen molar-refractivity contribution in [3.8, 4) is 0 Å². The number of carbonyl (C=O) groups excluding carboxylic acids is 1. The van der Waals surface area contributed by atoms with Gasteiger partial charge in [0, 0.05) is 6.42 Å². The van der Waals surface area contributed by atoms with Gasteiger partial charge in [-0.2, -0.15) is 0 Å². The molecule has 1 N–H and O–H groups in total. The zero-order valence-electron chi connectivity index (χ0n) is 8.43. The smallest absolute Gasteiger partial charge is 0.307 e. The Morgan fingerprint density at radius 3 is 2.80 bits per heavy atom. The number of aliphatic carboxylic acids is 1. The first-order valence-corrected chi connectivity index (χ1v) is 4.94. The molecule has 3 nitrogen and oxygen atoms in total. The highest BCUT2D eigenvalue weighted by molar-refractivity contribution is 5.96. The van der Waals surface area contributed by atoms with Crippen molar-refractivity contribution in [2.75, 3.05) is 0 Å². The number of carboxylic acid groups (broad SMARTS) is 1. The molecule has 0 aromatic heterocycles. The molecule has 0 saturated carbocycles. The van der Waals surface area contributed by atoms with Gasteiger partial charge >= 0.3 is 5.97 Å². The molecule has 2 unspecified atom stereocenters. The molecule has 0 amide bonds. The molecule has 1 aromatic carbocycles. The monoisotopic (exact) mass is 204 g/mol. The zero-order valence-corrected chi connectivity index (χ0v) is 8.43. The van der Waals surface area contributed by atoms with Crippen LogP contribution in [0.3, 0.4) is 0 Å². The van der Waals surface area contributed by atoms with Gasteiger partial charge in [-0.1, -0.05) is 31.2 Å².